The predicted molar refractivity (Wildman–Crippen MR) is 140 cm³/mol. The van der Waals surface area contributed by atoms with Crippen LogP contribution in [0.3, 0.4) is 0 Å². The van der Waals surface area contributed by atoms with E-state index in [2.05, 4.69) is 45.4 Å². The molecule has 1 aliphatic heterocycles. The number of anilines is 1. The number of piperidine rings is 1. The third-order valence-electron chi connectivity index (χ3n) is 7.81. The van der Waals surface area contributed by atoms with Gasteiger partial charge >= 0.3 is 0 Å². The Balaban J connectivity index is 1.25. The van der Waals surface area contributed by atoms with Crippen LogP contribution in [0.25, 0.3) is 11.3 Å². The van der Waals surface area contributed by atoms with Crippen LogP contribution in [-0.2, 0) is 0 Å². The normalized spacial score (nSPS) is 18.0. The number of amides is 1. The molecule has 2 aliphatic rings. The molecule has 1 N–H and O–H groups in total. The van der Waals surface area contributed by atoms with Gasteiger partial charge in [0.2, 0.25) is 0 Å². The summed E-state index contributed by atoms with van der Waals surface area (Å²) in [6.07, 6.45) is 14.1. The van der Waals surface area contributed by atoms with E-state index in [1.165, 1.54) is 37.7 Å². The van der Waals surface area contributed by atoms with Gasteiger partial charge in [-0.15, -0.1) is 0 Å². The molecule has 3 aromatic heterocycles. The summed E-state index contributed by atoms with van der Waals surface area (Å²) in [5, 5.41) is 12.4. The Labute approximate surface area is 211 Å². The smallest absolute Gasteiger partial charge is 0.262 e. The number of likely N-dealkylation sites (tertiary alicyclic amines) is 1. The maximum atomic E-state index is 13.3. The van der Waals surface area contributed by atoms with E-state index in [1.807, 2.05) is 16.8 Å². The molecule has 186 valence electrons. The summed E-state index contributed by atoms with van der Waals surface area (Å²) in [6.45, 7) is 4.32. The number of nitrogens with one attached hydrogen (secondary N) is 1. The lowest BCUT2D eigenvalue weighted by Gasteiger charge is -2.39. The highest BCUT2D eigenvalue weighted by Gasteiger charge is 2.29. The number of fused-ring (bicyclic) bond motifs is 1. The standard InChI is InChI=1S/C28H33N7O/c1-20-8-10-23(11-9-20)35-26(31-28(36)24-19-30-34-15-5-14-29-27(24)34)18-25(32-35)21-12-16-33(17-13-21)22-6-3-2-4-7-22/h5,8-11,14-15,18-19,21-22H,2-4,6-7,12-13,16-17H2,1H3,(H,31,36). The van der Waals surface area contributed by atoms with Crippen LogP contribution in [0.5, 0.6) is 0 Å². The number of benzene rings is 1. The van der Waals surface area contributed by atoms with E-state index in [1.54, 1.807) is 29.2 Å². The fourth-order valence-electron chi connectivity index (χ4n) is 5.75. The van der Waals surface area contributed by atoms with Crippen LogP contribution in [0, 0.1) is 6.92 Å². The molecular formula is C28H33N7O. The van der Waals surface area contributed by atoms with Crippen LogP contribution in [0.2, 0.25) is 0 Å². The Bertz CT molecular complexity index is 1340. The Kier molecular flexibility index (Phi) is 6.27. The van der Waals surface area contributed by atoms with Gasteiger partial charge in [0.1, 0.15) is 11.4 Å². The fraction of sp³-hybridized carbons (Fsp3) is 0.429. The second kappa shape index (κ2) is 9.85. The molecule has 0 spiro atoms. The van der Waals surface area contributed by atoms with Crippen LogP contribution < -0.4 is 5.32 Å². The molecular weight excluding hydrogens is 450 g/mol. The molecule has 1 aromatic carbocycles. The van der Waals surface area contributed by atoms with Gasteiger partial charge in [-0.2, -0.15) is 10.2 Å². The zero-order valence-corrected chi connectivity index (χ0v) is 20.8. The van der Waals surface area contributed by atoms with Crippen molar-refractivity contribution in [2.45, 2.75) is 63.8 Å². The Hall–Kier alpha value is -3.52. The van der Waals surface area contributed by atoms with Crippen LogP contribution in [-0.4, -0.2) is 54.3 Å². The van der Waals surface area contributed by atoms with Crippen LogP contribution >= 0.6 is 0 Å². The molecule has 2 fully saturated rings. The Morgan fingerprint density at radius 2 is 1.81 bits per heavy atom. The molecule has 8 heteroatoms. The molecule has 6 rings (SSSR count). The molecule has 4 aromatic rings. The molecule has 0 atom stereocenters. The number of aryl methyl sites for hydroxylation is 1. The van der Waals surface area contributed by atoms with Crippen molar-refractivity contribution in [1.29, 1.82) is 0 Å². The summed E-state index contributed by atoms with van der Waals surface area (Å²) in [7, 11) is 0. The minimum Gasteiger partial charge on any atom is -0.306 e. The molecule has 1 saturated carbocycles. The summed E-state index contributed by atoms with van der Waals surface area (Å²) < 4.78 is 3.47. The first kappa shape index (κ1) is 22.9. The highest BCUT2D eigenvalue weighted by molar-refractivity contribution is 6.07. The van der Waals surface area contributed by atoms with E-state index >= 15 is 0 Å². The summed E-state index contributed by atoms with van der Waals surface area (Å²) in [5.74, 6) is 0.824. The van der Waals surface area contributed by atoms with Crippen molar-refractivity contribution in [3.63, 3.8) is 0 Å². The van der Waals surface area contributed by atoms with E-state index in [-0.39, 0.29) is 5.91 Å². The van der Waals surface area contributed by atoms with Crippen molar-refractivity contribution in [2.24, 2.45) is 0 Å². The molecule has 8 nitrogen and oxygen atoms in total. The van der Waals surface area contributed by atoms with E-state index in [0.717, 1.165) is 43.4 Å². The first-order valence-corrected chi connectivity index (χ1v) is 13.2. The first-order valence-electron chi connectivity index (χ1n) is 13.2. The maximum absolute atomic E-state index is 13.3. The third-order valence-corrected chi connectivity index (χ3v) is 7.81. The maximum Gasteiger partial charge on any atom is 0.262 e. The van der Waals surface area contributed by atoms with Crippen LogP contribution in [0.1, 0.15) is 72.5 Å². The van der Waals surface area contributed by atoms with Gasteiger partial charge in [0.25, 0.3) is 5.91 Å². The summed E-state index contributed by atoms with van der Waals surface area (Å²) in [5.41, 5.74) is 4.14. The largest absolute Gasteiger partial charge is 0.306 e. The monoisotopic (exact) mass is 483 g/mol. The molecule has 0 unspecified atom stereocenters. The number of aromatic nitrogens is 5. The van der Waals surface area contributed by atoms with Gasteiger partial charge in [-0.05, 0) is 63.9 Å². The fourth-order valence-corrected chi connectivity index (χ4v) is 5.75. The number of carbonyl (C=O) groups is 1. The van der Waals surface area contributed by atoms with Crippen molar-refractivity contribution in [3.8, 4) is 5.69 Å². The molecule has 0 radical (unpaired) electrons. The topological polar surface area (TPSA) is 80.4 Å². The van der Waals surface area contributed by atoms with Gasteiger partial charge in [0, 0.05) is 30.4 Å². The Morgan fingerprint density at radius 3 is 2.58 bits per heavy atom. The molecule has 36 heavy (non-hydrogen) atoms. The molecule has 0 bridgehead atoms. The molecule has 1 aliphatic carbocycles. The average molecular weight is 484 g/mol. The quantitative estimate of drug-likeness (QED) is 0.433. The Morgan fingerprint density at radius 1 is 1.03 bits per heavy atom. The van der Waals surface area contributed by atoms with Crippen molar-refractivity contribution in [2.75, 3.05) is 18.4 Å². The second-order valence-electron chi connectivity index (χ2n) is 10.2. The number of hydrogen-bond donors (Lipinski definition) is 1. The lowest BCUT2D eigenvalue weighted by atomic mass is 9.89. The van der Waals surface area contributed by atoms with Crippen molar-refractivity contribution in [1.82, 2.24) is 29.3 Å². The predicted octanol–water partition coefficient (Wildman–Crippen LogP) is 4.99. The second-order valence-corrected chi connectivity index (χ2v) is 10.2. The minimum atomic E-state index is -0.240. The highest BCUT2D eigenvalue weighted by atomic mass is 16.1. The minimum absolute atomic E-state index is 0.240. The van der Waals surface area contributed by atoms with E-state index < -0.39 is 0 Å². The molecule has 1 saturated heterocycles. The van der Waals surface area contributed by atoms with Crippen LogP contribution in [0.15, 0.2) is 55.0 Å². The highest BCUT2D eigenvalue weighted by Crippen LogP contribution is 2.33. The average Bonchev–Trinajstić information content (AvgIpc) is 3.54. The van der Waals surface area contributed by atoms with Crippen LogP contribution in [0.4, 0.5) is 5.82 Å². The van der Waals surface area contributed by atoms with Gasteiger partial charge in [-0.25, -0.2) is 14.2 Å². The number of rotatable bonds is 5. The van der Waals surface area contributed by atoms with Gasteiger partial charge in [0.15, 0.2) is 5.65 Å². The SMILES string of the molecule is Cc1ccc(-n2nc(C3CCN(C4CCCCC4)CC3)cc2NC(=O)c2cnn3cccnc23)cc1. The van der Waals surface area contributed by atoms with E-state index in [0.29, 0.717) is 22.9 Å². The first-order chi connectivity index (χ1) is 17.7. The van der Waals surface area contributed by atoms with Gasteiger partial charge < -0.3 is 10.2 Å². The molecule has 1 amide bonds. The van der Waals surface area contributed by atoms with Crippen molar-refractivity contribution < 1.29 is 4.79 Å². The number of hydrogen-bond acceptors (Lipinski definition) is 5. The summed E-state index contributed by atoms with van der Waals surface area (Å²) >= 11 is 0. The lowest BCUT2D eigenvalue weighted by molar-refractivity contribution is 0.102. The van der Waals surface area contributed by atoms with Crippen molar-refractivity contribution >= 4 is 17.4 Å². The summed E-state index contributed by atoms with van der Waals surface area (Å²) in [6, 6.07) is 12.8. The third kappa shape index (κ3) is 4.53. The van der Waals surface area contributed by atoms with E-state index in [4.69, 9.17) is 5.10 Å². The zero-order valence-electron chi connectivity index (χ0n) is 20.8. The zero-order chi connectivity index (χ0) is 24.5. The number of nitrogens with zero attached hydrogens (tertiary/aromatic N) is 6. The van der Waals surface area contributed by atoms with E-state index in [9.17, 15) is 4.79 Å². The number of carbonyl (C=O) groups excluding carboxylic acids is 1. The summed E-state index contributed by atoms with van der Waals surface area (Å²) in [4.78, 5) is 20.3. The lowest BCUT2D eigenvalue weighted by Crippen LogP contribution is -2.41. The van der Waals surface area contributed by atoms with Crippen molar-refractivity contribution in [3.05, 3.63) is 71.8 Å². The van der Waals surface area contributed by atoms with Gasteiger partial charge in [0.05, 0.1) is 17.6 Å². The van der Waals surface area contributed by atoms with Gasteiger partial charge in [-0.3, -0.25) is 4.79 Å². The van der Waals surface area contributed by atoms with Gasteiger partial charge in [-0.1, -0.05) is 37.0 Å². The molecule has 4 heterocycles.